The Morgan fingerprint density at radius 1 is 1.20 bits per heavy atom. The highest BCUT2D eigenvalue weighted by molar-refractivity contribution is 5.76. The number of nitrogens with zero attached hydrogens (tertiary/aromatic N) is 1. The van der Waals surface area contributed by atoms with Crippen molar-refractivity contribution in [3.63, 3.8) is 0 Å². The van der Waals surface area contributed by atoms with Crippen LogP contribution in [0.2, 0.25) is 0 Å². The number of para-hydroxylation sites is 2. The van der Waals surface area contributed by atoms with Crippen molar-refractivity contribution in [2.75, 3.05) is 13.2 Å². The predicted octanol–water partition coefficient (Wildman–Crippen LogP) is 2.97. The molecule has 130 valence electrons. The lowest BCUT2D eigenvalue weighted by Crippen LogP contribution is -2.27. The molecule has 0 bridgehead atoms. The summed E-state index contributed by atoms with van der Waals surface area (Å²) in [5, 5.41) is 2.75. The maximum Gasteiger partial charge on any atom is 0.223 e. The van der Waals surface area contributed by atoms with Gasteiger partial charge in [-0.3, -0.25) is 4.79 Å². The molecule has 5 nitrogen and oxygen atoms in total. The van der Waals surface area contributed by atoms with E-state index in [9.17, 15) is 13.6 Å². The van der Waals surface area contributed by atoms with Crippen LogP contribution < -0.4 is 10.1 Å². The standard InChI is InChI=1S/C18H17F2N3O2/c19-12-5-6-16(13(20)11-12)25-10-8-18(24)21-9-7-17-22-14-3-1-2-4-15(14)23-17/h1-6,11H,7-10H2,(H,21,24)(H,22,23). The lowest BCUT2D eigenvalue weighted by molar-refractivity contribution is -0.121. The highest BCUT2D eigenvalue weighted by atomic mass is 19.1. The van der Waals surface area contributed by atoms with Gasteiger partial charge in [0, 0.05) is 19.0 Å². The number of hydrogen-bond donors (Lipinski definition) is 2. The van der Waals surface area contributed by atoms with Crippen molar-refractivity contribution in [1.82, 2.24) is 15.3 Å². The first-order valence-corrected chi connectivity index (χ1v) is 7.90. The summed E-state index contributed by atoms with van der Waals surface area (Å²) in [7, 11) is 0. The molecule has 1 amide bonds. The second kappa shape index (κ2) is 7.74. The molecule has 0 unspecified atom stereocenters. The van der Waals surface area contributed by atoms with E-state index in [0.29, 0.717) is 13.0 Å². The fourth-order valence-corrected chi connectivity index (χ4v) is 2.38. The van der Waals surface area contributed by atoms with Crippen molar-refractivity contribution in [2.24, 2.45) is 0 Å². The summed E-state index contributed by atoms with van der Waals surface area (Å²) in [5.41, 5.74) is 1.84. The Morgan fingerprint density at radius 3 is 2.84 bits per heavy atom. The number of amides is 1. The number of imidazole rings is 1. The molecule has 1 heterocycles. The molecule has 0 saturated carbocycles. The van der Waals surface area contributed by atoms with Crippen molar-refractivity contribution in [3.8, 4) is 5.75 Å². The van der Waals surface area contributed by atoms with Gasteiger partial charge in [-0.05, 0) is 24.3 Å². The first-order chi connectivity index (χ1) is 12.1. The average Bonchev–Trinajstić information content (AvgIpc) is 2.99. The van der Waals surface area contributed by atoms with Crippen LogP contribution in [0.1, 0.15) is 12.2 Å². The minimum absolute atomic E-state index is 0.0129. The lowest BCUT2D eigenvalue weighted by atomic mass is 10.3. The maximum absolute atomic E-state index is 13.4. The lowest BCUT2D eigenvalue weighted by Gasteiger charge is -2.07. The van der Waals surface area contributed by atoms with Gasteiger partial charge in [0.1, 0.15) is 11.6 Å². The van der Waals surface area contributed by atoms with Crippen LogP contribution >= 0.6 is 0 Å². The van der Waals surface area contributed by atoms with Crippen LogP contribution in [0.4, 0.5) is 8.78 Å². The molecule has 0 aliphatic rings. The fourth-order valence-electron chi connectivity index (χ4n) is 2.38. The third-order valence-electron chi connectivity index (χ3n) is 3.60. The third kappa shape index (κ3) is 4.53. The number of hydrogen-bond acceptors (Lipinski definition) is 3. The highest BCUT2D eigenvalue weighted by Gasteiger charge is 2.07. The second-order valence-electron chi connectivity index (χ2n) is 5.47. The summed E-state index contributed by atoms with van der Waals surface area (Å²) >= 11 is 0. The van der Waals surface area contributed by atoms with Gasteiger partial charge >= 0.3 is 0 Å². The van der Waals surface area contributed by atoms with Gasteiger partial charge in [0.05, 0.1) is 24.1 Å². The first-order valence-electron chi connectivity index (χ1n) is 7.90. The van der Waals surface area contributed by atoms with Crippen molar-refractivity contribution in [1.29, 1.82) is 0 Å². The van der Waals surface area contributed by atoms with E-state index in [1.807, 2.05) is 24.3 Å². The van der Waals surface area contributed by atoms with Gasteiger partial charge in [0.25, 0.3) is 0 Å². The van der Waals surface area contributed by atoms with Gasteiger partial charge in [0.2, 0.25) is 5.91 Å². The van der Waals surface area contributed by atoms with Crippen LogP contribution in [-0.2, 0) is 11.2 Å². The van der Waals surface area contributed by atoms with Crippen molar-refractivity contribution < 1.29 is 18.3 Å². The van der Waals surface area contributed by atoms with E-state index in [-0.39, 0.29) is 24.7 Å². The number of rotatable bonds is 7. The highest BCUT2D eigenvalue weighted by Crippen LogP contribution is 2.17. The fraction of sp³-hybridized carbons (Fsp3) is 0.222. The zero-order chi connectivity index (χ0) is 17.6. The number of aromatic amines is 1. The minimum atomic E-state index is -0.787. The number of aromatic nitrogens is 2. The van der Waals surface area contributed by atoms with Gasteiger partial charge in [-0.2, -0.15) is 0 Å². The number of halogens is 2. The Balaban J connectivity index is 1.39. The molecular formula is C18H17F2N3O2. The molecule has 2 N–H and O–H groups in total. The summed E-state index contributed by atoms with van der Waals surface area (Å²) in [4.78, 5) is 19.4. The summed E-state index contributed by atoms with van der Waals surface area (Å²) in [6.07, 6.45) is 0.658. The van der Waals surface area contributed by atoms with E-state index in [4.69, 9.17) is 4.74 Å². The minimum Gasteiger partial charge on any atom is -0.490 e. The van der Waals surface area contributed by atoms with Crippen molar-refractivity contribution >= 4 is 16.9 Å². The van der Waals surface area contributed by atoms with E-state index in [0.717, 1.165) is 29.0 Å². The molecule has 2 aromatic carbocycles. The number of H-pyrrole nitrogens is 1. The summed E-state index contributed by atoms with van der Waals surface area (Å²) < 4.78 is 31.3. The zero-order valence-electron chi connectivity index (χ0n) is 13.4. The Hall–Kier alpha value is -2.96. The topological polar surface area (TPSA) is 67.0 Å². The van der Waals surface area contributed by atoms with E-state index in [1.165, 1.54) is 6.07 Å². The number of carbonyl (C=O) groups is 1. The maximum atomic E-state index is 13.4. The molecule has 0 aliphatic carbocycles. The number of ether oxygens (including phenoxy) is 1. The number of carbonyl (C=O) groups excluding carboxylic acids is 1. The molecule has 0 spiro atoms. The monoisotopic (exact) mass is 345 g/mol. The van der Waals surface area contributed by atoms with Crippen molar-refractivity contribution in [3.05, 3.63) is 59.9 Å². The molecule has 25 heavy (non-hydrogen) atoms. The van der Waals surface area contributed by atoms with E-state index >= 15 is 0 Å². The third-order valence-corrected chi connectivity index (χ3v) is 3.60. The number of nitrogens with one attached hydrogen (secondary N) is 2. The van der Waals surface area contributed by atoms with Crippen LogP contribution in [0.15, 0.2) is 42.5 Å². The van der Waals surface area contributed by atoms with E-state index < -0.39 is 11.6 Å². The Labute approximate surface area is 143 Å². The summed E-state index contributed by atoms with van der Waals surface area (Å²) in [5.74, 6) is -0.945. The normalized spacial score (nSPS) is 10.8. The summed E-state index contributed by atoms with van der Waals surface area (Å²) in [6, 6.07) is 10.7. The molecule has 0 radical (unpaired) electrons. The molecule has 3 aromatic rings. The van der Waals surface area contributed by atoms with E-state index in [2.05, 4.69) is 15.3 Å². The molecule has 0 aliphatic heterocycles. The van der Waals surface area contributed by atoms with Gasteiger partial charge in [-0.25, -0.2) is 13.8 Å². The Bertz CT molecular complexity index is 847. The molecule has 1 aromatic heterocycles. The van der Waals surface area contributed by atoms with Crippen LogP contribution in [0.25, 0.3) is 11.0 Å². The van der Waals surface area contributed by atoms with Gasteiger partial charge in [-0.1, -0.05) is 12.1 Å². The zero-order valence-corrected chi connectivity index (χ0v) is 13.4. The quantitative estimate of drug-likeness (QED) is 0.692. The summed E-state index contributed by atoms with van der Waals surface area (Å²) in [6.45, 7) is 0.447. The Kier molecular flexibility index (Phi) is 5.23. The van der Waals surface area contributed by atoms with Gasteiger partial charge in [-0.15, -0.1) is 0 Å². The number of benzene rings is 2. The van der Waals surface area contributed by atoms with Gasteiger partial charge in [0.15, 0.2) is 11.6 Å². The van der Waals surface area contributed by atoms with Crippen molar-refractivity contribution in [2.45, 2.75) is 12.8 Å². The van der Waals surface area contributed by atoms with E-state index in [1.54, 1.807) is 0 Å². The average molecular weight is 345 g/mol. The van der Waals surface area contributed by atoms with Gasteiger partial charge < -0.3 is 15.0 Å². The largest absolute Gasteiger partial charge is 0.490 e. The number of fused-ring (bicyclic) bond motifs is 1. The van der Waals surface area contributed by atoms with Crippen LogP contribution in [-0.4, -0.2) is 29.0 Å². The van der Waals surface area contributed by atoms with Crippen LogP contribution in [0.5, 0.6) is 5.75 Å². The first kappa shape index (κ1) is 16.9. The van der Waals surface area contributed by atoms with Crippen LogP contribution in [0, 0.1) is 11.6 Å². The smallest absolute Gasteiger partial charge is 0.223 e. The second-order valence-corrected chi connectivity index (χ2v) is 5.47. The van der Waals surface area contributed by atoms with Crippen LogP contribution in [0.3, 0.4) is 0 Å². The molecule has 3 rings (SSSR count). The SMILES string of the molecule is O=C(CCOc1ccc(F)cc1F)NCCc1nc2ccccc2[nH]1. The molecule has 0 saturated heterocycles. The predicted molar refractivity (Wildman–Crippen MR) is 89.3 cm³/mol. The molecule has 0 fully saturated rings. The molecular weight excluding hydrogens is 328 g/mol. The molecule has 7 heteroatoms. The molecule has 0 atom stereocenters. The Morgan fingerprint density at radius 2 is 2.04 bits per heavy atom.